The van der Waals surface area contributed by atoms with Crippen LogP contribution in [0.4, 0.5) is 4.39 Å². The Morgan fingerprint density at radius 1 is 1.39 bits per heavy atom. The van der Waals surface area contributed by atoms with Crippen LogP contribution in [0.2, 0.25) is 0 Å². The molecule has 3 rings (SSSR count). The van der Waals surface area contributed by atoms with E-state index in [1.807, 2.05) is 13.1 Å². The minimum atomic E-state index is -0.753. The molecular weight excluding hydrogens is 315 g/mol. The largest absolute Gasteiger partial charge is 0.389 e. The molecule has 0 saturated carbocycles. The first kappa shape index (κ1) is 15.8. The van der Waals surface area contributed by atoms with Crippen molar-refractivity contribution >= 4 is 11.3 Å². The van der Waals surface area contributed by atoms with Gasteiger partial charge >= 0.3 is 0 Å². The zero-order valence-corrected chi connectivity index (χ0v) is 13.7. The van der Waals surface area contributed by atoms with E-state index in [1.165, 1.54) is 23.5 Å². The van der Waals surface area contributed by atoms with Crippen LogP contribution >= 0.6 is 11.3 Å². The van der Waals surface area contributed by atoms with E-state index in [2.05, 4.69) is 15.3 Å². The Bertz CT molecular complexity index is 812. The highest BCUT2D eigenvalue weighted by molar-refractivity contribution is 7.13. The third kappa shape index (κ3) is 3.30. The lowest BCUT2D eigenvalue weighted by Crippen LogP contribution is -1.98. The molecule has 120 valence electrons. The molecule has 0 amide bonds. The lowest BCUT2D eigenvalue weighted by atomic mass is 10.00. The first-order valence-electron chi connectivity index (χ1n) is 7.37. The fraction of sp³-hybridized carbons (Fsp3) is 0.312. The lowest BCUT2D eigenvalue weighted by Gasteiger charge is -2.12. The highest BCUT2D eigenvalue weighted by Gasteiger charge is 2.17. The van der Waals surface area contributed by atoms with Gasteiger partial charge in [0, 0.05) is 19.2 Å². The Kier molecular flexibility index (Phi) is 4.49. The fourth-order valence-corrected chi connectivity index (χ4v) is 3.30. The number of aliphatic hydroxyl groups is 1. The molecular formula is C16H17FN4OS. The molecule has 5 nitrogen and oxygen atoms in total. The molecule has 1 atom stereocenters. The molecule has 0 fully saturated rings. The average Bonchev–Trinajstić information content (AvgIpc) is 3.17. The smallest absolute Gasteiger partial charge is 0.123 e. The van der Waals surface area contributed by atoms with Crippen LogP contribution in [0.25, 0.3) is 10.4 Å². The van der Waals surface area contributed by atoms with Crippen molar-refractivity contribution in [1.82, 2.24) is 20.0 Å². The number of aliphatic hydroxyl groups excluding tert-OH is 1. The molecule has 2 aromatic heterocycles. The molecule has 7 heteroatoms. The third-order valence-electron chi connectivity index (χ3n) is 3.61. The summed E-state index contributed by atoms with van der Waals surface area (Å²) in [6.45, 7) is 4.40. The van der Waals surface area contributed by atoms with Gasteiger partial charge in [-0.15, -0.1) is 16.4 Å². The summed E-state index contributed by atoms with van der Waals surface area (Å²) < 4.78 is 15.3. The van der Waals surface area contributed by atoms with Crippen molar-refractivity contribution < 1.29 is 9.50 Å². The zero-order chi connectivity index (χ0) is 16.4. The lowest BCUT2D eigenvalue weighted by molar-refractivity contribution is 0.199. The molecule has 3 aromatic rings. The number of aryl methyl sites for hydroxylation is 1. The van der Waals surface area contributed by atoms with E-state index in [9.17, 15) is 9.50 Å². The number of hydrogen-bond donors (Lipinski definition) is 1. The minimum Gasteiger partial charge on any atom is -0.389 e. The van der Waals surface area contributed by atoms with Gasteiger partial charge in [0.2, 0.25) is 0 Å². The van der Waals surface area contributed by atoms with Gasteiger partial charge in [-0.25, -0.2) is 9.37 Å². The summed E-state index contributed by atoms with van der Waals surface area (Å²) in [6.07, 6.45) is 1.69. The Morgan fingerprint density at radius 2 is 2.22 bits per heavy atom. The Morgan fingerprint density at radius 3 is 2.91 bits per heavy atom. The van der Waals surface area contributed by atoms with Gasteiger partial charge in [-0.2, -0.15) is 0 Å². The van der Waals surface area contributed by atoms with Crippen LogP contribution in [0.5, 0.6) is 0 Å². The standard InChI is InChI=1S/C16H17FN4OS/c1-3-21-8-12(19-20-21)7-15-16(23-9-18-15)13-5-4-11(17)6-14(13)10(2)22/h4-6,8-10,22H,3,7H2,1-2H3/t10-/m1/s1. The van der Waals surface area contributed by atoms with E-state index < -0.39 is 6.10 Å². The van der Waals surface area contributed by atoms with Crippen molar-refractivity contribution in [3.8, 4) is 10.4 Å². The number of rotatable bonds is 5. The Labute approximate surface area is 137 Å². The maximum atomic E-state index is 13.5. The van der Waals surface area contributed by atoms with E-state index in [-0.39, 0.29) is 5.82 Å². The molecule has 23 heavy (non-hydrogen) atoms. The molecule has 0 aliphatic carbocycles. The van der Waals surface area contributed by atoms with Crippen LogP contribution in [0.1, 0.15) is 36.9 Å². The second-order valence-electron chi connectivity index (χ2n) is 5.28. The first-order valence-corrected chi connectivity index (χ1v) is 8.25. The van der Waals surface area contributed by atoms with Gasteiger partial charge < -0.3 is 5.11 Å². The van der Waals surface area contributed by atoms with Crippen LogP contribution in [0.3, 0.4) is 0 Å². The Hall–Kier alpha value is -2.12. The van der Waals surface area contributed by atoms with Crippen LogP contribution in [0.15, 0.2) is 29.9 Å². The molecule has 1 N–H and O–H groups in total. The summed E-state index contributed by atoms with van der Waals surface area (Å²) in [4.78, 5) is 5.34. The van der Waals surface area contributed by atoms with Crippen LogP contribution in [-0.4, -0.2) is 25.1 Å². The number of benzene rings is 1. The summed E-state index contributed by atoms with van der Waals surface area (Å²) in [6, 6.07) is 4.46. The number of nitrogens with zero attached hydrogens (tertiary/aromatic N) is 4. The van der Waals surface area contributed by atoms with Gasteiger partial charge in [-0.05, 0) is 37.1 Å². The van der Waals surface area contributed by atoms with E-state index >= 15 is 0 Å². The normalized spacial score (nSPS) is 12.5. The van der Waals surface area contributed by atoms with Gasteiger partial charge in [0.05, 0.1) is 27.9 Å². The second kappa shape index (κ2) is 6.55. The van der Waals surface area contributed by atoms with E-state index in [1.54, 1.807) is 23.2 Å². The van der Waals surface area contributed by atoms with Crippen molar-refractivity contribution in [2.24, 2.45) is 0 Å². The molecule has 0 aliphatic rings. The van der Waals surface area contributed by atoms with Gasteiger partial charge in [-0.3, -0.25) is 4.68 Å². The number of thiazole rings is 1. The maximum Gasteiger partial charge on any atom is 0.123 e. The highest BCUT2D eigenvalue weighted by atomic mass is 32.1. The van der Waals surface area contributed by atoms with Gasteiger partial charge in [0.15, 0.2) is 0 Å². The molecule has 0 unspecified atom stereocenters. The SMILES string of the molecule is CCn1cc(Cc2ncsc2-c2ccc(F)cc2[C@@H](C)O)nn1. The second-order valence-corrected chi connectivity index (χ2v) is 6.13. The molecule has 0 saturated heterocycles. The molecule has 0 radical (unpaired) electrons. The van der Waals surface area contributed by atoms with Crippen LogP contribution in [0, 0.1) is 5.82 Å². The highest BCUT2D eigenvalue weighted by Crippen LogP contribution is 2.34. The summed E-state index contributed by atoms with van der Waals surface area (Å²) in [7, 11) is 0. The average molecular weight is 332 g/mol. The third-order valence-corrected chi connectivity index (χ3v) is 4.51. The quantitative estimate of drug-likeness (QED) is 0.779. The predicted molar refractivity (Wildman–Crippen MR) is 86.6 cm³/mol. The summed E-state index contributed by atoms with van der Waals surface area (Å²) in [5.74, 6) is -0.360. The zero-order valence-electron chi connectivity index (χ0n) is 12.9. The van der Waals surface area contributed by atoms with E-state index in [0.717, 1.165) is 28.4 Å². The molecule has 0 spiro atoms. The topological polar surface area (TPSA) is 63.8 Å². The van der Waals surface area contributed by atoms with Crippen molar-refractivity contribution in [3.63, 3.8) is 0 Å². The number of halogens is 1. The molecule has 0 aliphatic heterocycles. The maximum absolute atomic E-state index is 13.5. The monoisotopic (exact) mass is 332 g/mol. The van der Waals surface area contributed by atoms with Gasteiger partial charge in [0.1, 0.15) is 5.82 Å². The summed E-state index contributed by atoms with van der Waals surface area (Å²) in [5, 5.41) is 18.1. The Balaban J connectivity index is 1.98. The molecule has 1 aromatic carbocycles. The first-order chi connectivity index (χ1) is 11.1. The van der Waals surface area contributed by atoms with Crippen molar-refractivity contribution in [2.75, 3.05) is 0 Å². The van der Waals surface area contributed by atoms with Crippen molar-refractivity contribution in [2.45, 2.75) is 32.9 Å². The van der Waals surface area contributed by atoms with Crippen molar-refractivity contribution in [3.05, 3.63) is 52.7 Å². The number of aromatic nitrogens is 4. The van der Waals surface area contributed by atoms with E-state index in [0.29, 0.717) is 12.0 Å². The summed E-state index contributed by atoms with van der Waals surface area (Å²) in [5.41, 5.74) is 4.81. The predicted octanol–water partition coefficient (Wildman–Crippen LogP) is 3.20. The summed E-state index contributed by atoms with van der Waals surface area (Å²) >= 11 is 1.47. The molecule has 0 bridgehead atoms. The van der Waals surface area contributed by atoms with Crippen LogP contribution < -0.4 is 0 Å². The van der Waals surface area contributed by atoms with Gasteiger partial charge in [-0.1, -0.05) is 11.3 Å². The fourth-order valence-electron chi connectivity index (χ4n) is 2.45. The van der Waals surface area contributed by atoms with Gasteiger partial charge in [0.25, 0.3) is 0 Å². The van der Waals surface area contributed by atoms with E-state index in [4.69, 9.17) is 0 Å². The van der Waals surface area contributed by atoms with Crippen molar-refractivity contribution in [1.29, 1.82) is 0 Å². The van der Waals surface area contributed by atoms with Crippen LogP contribution in [-0.2, 0) is 13.0 Å². The minimum absolute atomic E-state index is 0.360. The number of hydrogen-bond acceptors (Lipinski definition) is 5. The molecule has 2 heterocycles.